The first-order valence-electron chi connectivity index (χ1n) is 8.68. The molecule has 1 fully saturated rings. The fraction of sp³-hybridized carbons (Fsp3) is 0.500. The molecular weight excluding hydrogens is 372 g/mol. The van der Waals surface area contributed by atoms with Crippen molar-refractivity contribution >= 4 is 27.8 Å². The van der Waals surface area contributed by atoms with Crippen LogP contribution in [0.3, 0.4) is 0 Å². The third-order valence-corrected chi connectivity index (χ3v) is 5.49. The molecule has 0 saturated carbocycles. The zero-order valence-electron chi connectivity index (χ0n) is 15.5. The van der Waals surface area contributed by atoms with E-state index < -0.39 is 40.2 Å². The van der Waals surface area contributed by atoms with Crippen molar-refractivity contribution in [2.24, 2.45) is 4.40 Å². The molecule has 0 unspecified atom stereocenters. The number of nitrogens with zero attached hydrogens (tertiary/aromatic N) is 2. The van der Waals surface area contributed by atoms with Gasteiger partial charge in [0.1, 0.15) is 16.5 Å². The van der Waals surface area contributed by atoms with Crippen molar-refractivity contribution in [1.82, 2.24) is 4.90 Å². The predicted octanol–water partition coefficient (Wildman–Crippen LogP) is 1.48. The Morgan fingerprint density at radius 3 is 2.67 bits per heavy atom. The topological polar surface area (TPSA) is 102 Å². The molecule has 0 spiro atoms. The first kappa shape index (κ1) is 19.3. The van der Waals surface area contributed by atoms with Gasteiger partial charge in [-0.2, -0.15) is 8.42 Å². The Morgan fingerprint density at radius 1 is 1.26 bits per heavy atom. The van der Waals surface area contributed by atoms with Crippen LogP contribution in [0.5, 0.6) is 0 Å². The number of benzene rings is 1. The van der Waals surface area contributed by atoms with Crippen LogP contribution in [-0.4, -0.2) is 55.9 Å². The van der Waals surface area contributed by atoms with E-state index in [1.54, 1.807) is 43.9 Å². The Hall–Kier alpha value is -2.42. The molecule has 0 N–H and O–H groups in total. The molecule has 0 aromatic heterocycles. The van der Waals surface area contributed by atoms with Crippen LogP contribution in [0.15, 0.2) is 33.6 Å². The summed E-state index contributed by atoms with van der Waals surface area (Å²) in [4.78, 5) is 26.0. The lowest BCUT2D eigenvalue weighted by Gasteiger charge is -2.25. The first-order chi connectivity index (χ1) is 12.6. The molecule has 0 bridgehead atoms. The quantitative estimate of drug-likeness (QED) is 0.716. The monoisotopic (exact) mass is 394 g/mol. The Balaban J connectivity index is 1.73. The van der Waals surface area contributed by atoms with E-state index in [-0.39, 0.29) is 10.7 Å². The molecule has 2 aliphatic heterocycles. The second kappa shape index (κ2) is 6.95. The number of esters is 2. The third kappa shape index (κ3) is 4.13. The molecule has 3 rings (SSSR count). The Kier molecular flexibility index (Phi) is 4.98. The number of amidine groups is 1. The first-order valence-corrected chi connectivity index (χ1v) is 10.1. The Labute approximate surface area is 158 Å². The summed E-state index contributed by atoms with van der Waals surface area (Å²) in [5.41, 5.74) is -0.191. The number of likely N-dealkylation sites (tertiary alicyclic amines) is 1. The maximum atomic E-state index is 12.5. The van der Waals surface area contributed by atoms with E-state index in [2.05, 4.69) is 4.40 Å². The second-order valence-corrected chi connectivity index (χ2v) is 9.00. The van der Waals surface area contributed by atoms with Crippen LogP contribution >= 0.6 is 0 Å². The third-order valence-electron chi connectivity index (χ3n) is 4.16. The van der Waals surface area contributed by atoms with Crippen molar-refractivity contribution < 1.29 is 27.5 Å². The van der Waals surface area contributed by atoms with Gasteiger partial charge in [-0.15, -0.1) is 4.40 Å². The molecule has 1 aromatic rings. The highest BCUT2D eigenvalue weighted by Crippen LogP contribution is 2.31. The van der Waals surface area contributed by atoms with Gasteiger partial charge in [0.2, 0.25) is 0 Å². The van der Waals surface area contributed by atoms with Crippen molar-refractivity contribution in [3.8, 4) is 0 Å². The zero-order valence-corrected chi connectivity index (χ0v) is 16.3. The van der Waals surface area contributed by atoms with E-state index in [4.69, 9.17) is 9.47 Å². The maximum Gasteiger partial charge on any atom is 0.344 e. The minimum Gasteiger partial charge on any atom is -0.457 e. The van der Waals surface area contributed by atoms with Gasteiger partial charge >= 0.3 is 11.9 Å². The van der Waals surface area contributed by atoms with Gasteiger partial charge in [0.15, 0.2) is 12.4 Å². The van der Waals surface area contributed by atoms with Gasteiger partial charge in [-0.1, -0.05) is 12.1 Å². The lowest BCUT2D eigenvalue weighted by Crippen LogP contribution is -2.42. The van der Waals surface area contributed by atoms with Crippen LogP contribution in [0, 0.1) is 0 Å². The van der Waals surface area contributed by atoms with Crippen LogP contribution in [0.1, 0.15) is 39.2 Å². The van der Waals surface area contributed by atoms with Crippen LogP contribution in [0.4, 0.5) is 0 Å². The molecule has 0 amide bonds. The summed E-state index contributed by atoms with van der Waals surface area (Å²) in [6.07, 6.45) is 1.18. The van der Waals surface area contributed by atoms with E-state index in [9.17, 15) is 18.0 Å². The Bertz CT molecular complexity index is 901. The Morgan fingerprint density at radius 2 is 1.96 bits per heavy atom. The summed E-state index contributed by atoms with van der Waals surface area (Å²) >= 11 is 0. The number of fused-ring (bicyclic) bond motifs is 1. The molecule has 0 aliphatic carbocycles. The van der Waals surface area contributed by atoms with Gasteiger partial charge in [-0.25, -0.2) is 9.59 Å². The van der Waals surface area contributed by atoms with Crippen molar-refractivity contribution in [2.45, 2.75) is 50.2 Å². The number of rotatable bonds is 3. The van der Waals surface area contributed by atoms with Gasteiger partial charge in [-0.3, -0.25) is 0 Å². The molecule has 2 heterocycles. The fourth-order valence-electron chi connectivity index (χ4n) is 3.16. The van der Waals surface area contributed by atoms with E-state index in [0.717, 1.165) is 0 Å². The zero-order chi connectivity index (χ0) is 19.8. The van der Waals surface area contributed by atoms with Crippen LogP contribution in [0.2, 0.25) is 0 Å². The molecule has 27 heavy (non-hydrogen) atoms. The normalized spacial score (nSPS) is 20.8. The largest absolute Gasteiger partial charge is 0.457 e. The highest BCUT2D eigenvalue weighted by molar-refractivity contribution is 7.90. The SMILES string of the molecule is CC(C)(C)OC(=O)COC(=O)[C@@H]1CCCN1C1=NS(=O)(=O)c2ccccc21. The highest BCUT2D eigenvalue weighted by Gasteiger charge is 2.40. The molecule has 8 nitrogen and oxygen atoms in total. The van der Waals surface area contributed by atoms with E-state index >= 15 is 0 Å². The van der Waals surface area contributed by atoms with E-state index in [0.29, 0.717) is 24.9 Å². The molecule has 2 aliphatic rings. The molecule has 1 saturated heterocycles. The molecule has 146 valence electrons. The highest BCUT2D eigenvalue weighted by atomic mass is 32.2. The fourth-order valence-corrected chi connectivity index (χ4v) is 4.38. The standard InChI is InChI=1S/C18H22N2O6S/c1-18(2,3)26-15(21)11-25-17(22)13-8-6-10-20(13)16-12-7-4-5-9-14(12)27(23,24)19-16/h4-5,7,9,13H,6,8,10-11H2,1-3H3/t13-/m0/s1. The smallest absolute Gasteiger partial charge is 0.344 e. The van der Waals surface area contributed by atoms with Crippen LogP contribution < -0.4 is 0 Å². The van der Waals surface area contributed by atoms with Gasteiger partial charge in [-0.05, 0) is 45.7 Å². The number of hydrogen-bond donors (Lipinski definition) is 0. The minimum atomic E-state index is -3.77. The van der Waals surface area contributed by atoms with Crippen molar-refractivity contribution in [3.63, 3.8) is 0 Å². The van der Waals surface area contributed by atoms with Crippen molar-refractivity contribution in [3.05, 3.63) is 29.8 Å². The van der Waals surface area contributed by atoms with Crippen molar-refractivity contribution in [1.29, 1.82) is 0 Å². The van der Waals surface area contributed by atoms with Gasteiger partial charge in [0.05, 0.1) is 0 Å². The summed E-state index contributed by atoms with van der Waals surface area (Å²) in [5, 5.41) is 0. The molecule has 1 aromatic carbocycles. The van der Waals surface area contributed by atoms with Crippen molar-refractivity contribution in [2.75, 3.05) is 13.2 Å². The maximum absolute atomic E-state index is 12.5. The number of hydrogen-bond acceptors (Lipinski definition) is 7. The number of sulfonamides is 1. The second-order valence-electron chi connectivity index (χ2n) is 7.43. The summed E-state index contributed by atoms with van der Waals surface area (Å²) in [6.45, 7) is 5.17. The van der Waals surface area contributed by atoms with Crippen LogP contribution in [-0.2, 0) is 29.1 Å². The predicted molar refractivity (Wildman–Crippen MR) is 96.7 cm³/mol. The van der Waals surface area contributed by atoms with Gasteiger partial charge < -0.3 is 14.4 Å². The van der Waals surface area contributed by atoms with E-state index in [1.807, 2.05) is 0 Å². The summed E-state index contributed by atoms with van der Waals surface area (Å²) in [6, 6.07) is 5.83. The molecular formula is C18H22N2O6S. The lowest BCUT2D eigenvalue weighted by molar-refractivity contribution is -0.167. The minimum absolute atomic E-state index is 0.132. The van der Waals surface area contributed by atoms with E-state index in [1.165, 1.54) is 6.07 Å². The molecule has 1 atom stereocenters. The number of carbonyl (C=O) groups is 2. The van der Waals surface area contributed by atoms with Gasteiger partial charge in [0, 0.05) is 12.1 Å². The van der Waals surface area contributed by atoms with Gasteiger partial charge in [0.25, 0.3) is 10.0 Å². The van der Waals surface area contributed by atoms with Crippen LogP contribution in [0.25, 0.3) is 0 Å². The summed E-state index contributed by atoms with van der Waals surface area (Å²) in [7, 11) is -3.77. The summed E-state index contributed by atoms with van der Waals surface area (Å²) in [5.74, 6) is -0.975. The number of ether oxygens (including phenoxy) is 2. The lowest BCUT2D eigenvalue weighted by atomic mass is 10.1. The average Bonchev–Trinajstić information content (AvgIpc) is 3.14. The molecule has 9 heteroatoms. The summed E-state index contributed by atoms with van der Waals surface area (Å²) < 4.78 is 38.6. The molecule has 0 radical (unpaired) electrons. The number of carbonyl (C=O) groups excluding carboxylic acids is 2. The average molecular weight is 394 g/mol.